The summed E-state index contributed by atoms with van der Waals surface area (Å²) >= 11 is 1.94. The average molecular weight is 362 g/mol. The molecule has 24 heavy (non-hydrogen) atoms. The largest absolute Gasteiger partial charge is 0.294 e. The van der Waals surface area contributed by atoms with Crippen molar-refractivity contribution in [2.75, 3.05) is 30.3 Å². The lowest BCUT2D eigenvalue weighted by Crippen LogP contribution is -2.39. The Morgan fingerprint density at radius 3 is 2.50 bits per heavy atom. The van der Waals surface area contributed by atoms with Crippen LogP contribution in [0.4, 0.5) is 0 Å². The molecule has 0 saturated carbocycles. The van der Waals surface area contributed by atoms with Gasteiger partial charge in [-0.2, -0.15) is 11.8 Å². The number of rotatable bonds is 5. The van der Waals surface area contributed by atoms with Crippen LogP contribution >= 0.6 is 11.8 Å². The van der Waals surface area contributed by atoms with Crippen LogP contribution in [0.15, 0.2) is 59.5 Å². The van der Waals surface area contributed by atoms with Crippen LogP contribution in [0.1, 0.15) is 17.2 Å². The van der Waals surface area contributed by atoms with Gasteiger partial charge in [-0.1, -0.05) is 48.0 Å². The highest BCUT2D eigenvalue weighted by molar-refractivity contribution is 7.99. The van der Waals surface area contributed by atoms with Crippen molar-refractivity contribution in [3.05, 3.63) is 65.7 Å². The van der Waals surface area contributed by atoms with E-state index in [2.05, 4.69) is 36.1 Å². The molecule has 128 valence electrons. The van der Waals surface area contributed by atoms with Gasteiger partial charge >= 0.3 is 0 Å². The number of hydrogen-bond donors (Lipinski definition) is 0. The standard InChI is InChI=1S/C19H23NO2S2/c1-16-7-9-17(10-8-16)19-15-23-13-11-20(19)12-14-24(21,22)18-5-3-2-4-6-18/h2-10,19H,11-15H2,1H3. The van der Waals surface area contributed by atoms with E-state index in [9.17, 15) is 8.42 Å². The van der Waals surface area contributed by atoms with Crippen molar-refractivity contribution in [2.24, 2.45) is 0 Å². The van der Waals surface area contributed by atoms with Crippen LogP contribution in [0.2, 0.25) is 0 Å². The van der Waals surface area contributed by atoms with E-state index >= 15 is 0 Å². The van der Waals surface area contributed by atoms with Gasteiger partial charge in [0.15, 0.2) is 9.84 Å². The molecule has 3 nitrogen and oxygen atoms in total. The van der Waals surface area contributed by atoms with E-state index in [1.807, 2.05) is 17.8 Å². The molecule has 1 unspecified atom stereocenters. The van der Waals surface area contributed by atoms with Gasteiger partial charge in [-0.15, -0.1) is 0 Å². The molecule has 2 aromatic carbocycles. The van der Waals surface area contributed by atoms with Gasteiger partial charge in [0, 0.05) is 30.6 Å². The van der Waals surface area contributed by atoms with E-state index in [-0.39, 0.29) is 5.75 Å². The molecule has 0 aromatic heterocycles. The van der Waals surface area contributed by atoms with Gasteiger partial charge in [0.05, 0.1) is 10.6 Å². The zero-order valence-electron chi connectivity index (χ0n) is 13.9. The molecule has 0 bridgehead atoms. The predicted molar refractivity (Wildman–Crippen MR) is 101 cm³/mol. The Hall–Kier alpha value is -1.30. The highest BCUT2D eigenvalue weighted by Crippen LogP contribution is 2.29. The fraction of sp³-hybridized carbons (Fsp3) is 0.368. The molecule has 1 aliphatic rings. The Bertz CT molecular complexity index is 758. The molecule has 1 aliphatic heterocycles. The van der Waals surface area contributed by atoms with E-state index in [1.54, 1.807) is 24.3 Å². The first kappa shape index (κ1) is 17.5. The van der Waals surface area contributed by atoms with Crippen LogP contribution in [-0.2, 0) is 9.84 Å². The van der Waals surface area contributed by atoms with E-state index in [0.29, 0.717) is 17.5 Å². The summed E-state index contributed by atoms with van der Waals surface area (Å²) < 4.78 is 25.1. The number of nitrogens with zero attached hydrogens (tertiary/aromatic N) is 1. The molecule has 0 radical (unpaired) electrons. The van der Waals surface area contributed by atoms with E-state index < -0.39 is 9.84 Å². The Balaban J connectivity index is 1.71. The smallest absolute Gasteiger partial charge is 0.179 e. The summed E-state index contributed by atoms with van der Waals surface area (Å²) in [6.07, 6.45) is 0. The van der Waals surface area contributed by atoms with Crippen molar-refractivity contribution in [3.8, 4) is 0 Å². The molecule has 1 atom stereocenters. The third-order valence-corrected chi connectivity index (χ3v) is 7.18. The summed E-state index contributed by atoms with van der Waals surface area (Å²) in [4.78, 5) is 2.74. The summed E-state index contributed by atoms with van der Waals surface area (Å²) in [7, 11) is -3.22. The monoisotopic (exact) mass is 361 g/mol. The van der Waals surface area contributed by atoms with Crippen molar-refractivity contribution in [1.82, 2.24) is 4.90 Å². The first-order valence-corrected chi connectivity index (χ1v) is 11.0. The second kappa shape index (κ2) is 7.72. The lowest BCUT2D eigenvalue weighted by atomic mass is 10.0. The van der Waals surface area contributed by atoms with Crippen molar-refractivity contribution in [2.45, 2.75) is 17.9 Å². The second-order valence-corrected chi connectivity index (χ2v) is 9.43. The van der Waals surface area contributed by atoms with Crippen molar-refractivity contribution >= 4 is 21.6 Å². The number of aryl methyl sites for hydroxylation is 1. The molecule has 0 aliphatic carbocycles. The molecule has 0 amide bonds. The van der Waals surface area contributed by atoms with Crippen LogP contribution in [0, 0.1) is 6.92 Å². The average Bonchev–Trinajstić information content (AvgIpc) is 2.62. The maximum Gasteiger partial charge on any atom is 0.179 e. The predicted octanol–water partition coefficient (Wildman–Crippen LogP) is 3.56. The summed E-state index contributed by atoms with van der Waals surface area (Å²) in [6, 6.07) is 17.7. The zero-order valence-corrected chi connectivity index (χ0v) is 15.5. The van der Waals surface area contributed by atoms with Crippen molar-refractivity contribution in [1.29, 1.82) is 0 Å². The topological polar surface area (TPSA) is 37.4 Å². The van der Waals surface area contributed by atoms with Crippen LogP contribution in [0.5, 0.6) is 0 Å². The summed E-state index contributed by atoms with van der Waals surface area (Å²) in [5.74, 6) is 2.26. The van der Waals surface area contributed by atoms with Gasteiger partial charge in [-0.05, 0) is 24.6 Å². The number of sulfone groups is 1. The molecule has 0 spiro atoms. The van der Waals surface area contributed by atoms with E-state index in [1.165, 1.54) is 11.1 Å². The SMILES string of the molecule is Cc1ccc(C2CSCCN2CCS(=O)(=O)c2ccccc2)cc1. The molecule has 1 heterocycles. The number of hydrogen-bond acceptors (Lipinski definition) is 4. The summed E-state index contributed by atoms with van der Waals surface area (Å²) in [5.41, 5.74) is 2.53. The Morgan fingerprint density at radius 2 is 1.79 bits per heavy atom. The molecular weight excluding hydrogens is 338 g/mol. The Labute approximate surface area is 149 Å². The number of benzene rings is 2. The Morgan fingerprint density at radius 1 is 1.08 bits per heavy atom. The minimum absolute atomic E-state index is 0.171. The summed E-state index contributed by atoms with van der Waals surface area (Å²) in [5, 5.41) is 0. The third kappa shape index (κ3) is 4.21. The molecule has 1 fully saturated rings. The number of thioether (sulfide) groups is 1. The van der Waals surface area contributed by atoms with Crippen molar-refractivity contribution in [3.63, 3.8) is 0 Å². The third-order valence-electron chi connectivity index (χ3n) is 4.45. The molecule has 0 N–H and O–H groups in total. The first-order chi connectivity index (χ1) is 11.6. The molecular formula is C19H23NO2S2. The highest BCUT2D eigenvalue weighted by Gasteiger charge is 2.26. The maximum atomic E-state index is 12.5. The zero-order chi connectivity index (χ0) is 17.0. The van der Waals surface area contributed by atoms with Gasteiger partial charge in [0.1, 0.15) is 0 Å². The van der Waals surface area contributed by atoms with Gasteiger partial charge in [0.2, 0.25) is 0 Å². The van der Waals surface area contributed by atoms with Gasteiger partial charge < -0.3 is 0 Å². The van der Waals surface area contributed by atoms with Crippen LogP contribution in [0.3, 0.4) is 0 Å². The molecule has 2 aromatic rings. The fourth-order valence-corrected chi connectivity index (χ4v) is 5.42. The van der Waals surface area contributed by atoms with Crippen LogP contribution in [0.25, 0.3) is 0 Å². The van der Waals surface area contributed by atoms with Crippen LogP contribution < -0.4 is 0 Å². The normalized spacial score (nSPS) is 19.3. The molecule has 1 saturated heterocycles. The van der Waals surface area contributed by atoms with E-state index in [4.69, 9.17) is 0 Å². The van der Waals surface area contributed by atoms with E-state index in [0.717, 1.165) is 18.1 Å². The summed E-state index contributed by atoms with van der Waals surface area (Å²) in [6.45, 7) is 3.60. The quantitative estimate of drug-likeness (QED) is 0.816. The maximum absolute atomic E-state index is 12.5. The minimum Gasteiger partial charge on any atom is -0.294 e. The lowest BCUT2D eigenvalue weighted by molar-refractivity contribution is 0.234. The first-order valence-electron chi connectivity index (χ1n) is 8.22. The van der Waals surface area contributed by atoms with Crippen molar-refractivity contribution < 1.29 is 8.42 Å². The molecule has 5 heteroatoms. The fourth-order valence-electron chi connectivity index (χ4n) is 2.98. The Kier molecular flexibility index (Phi) is 5.64. The minimum atomic E-state index is -3.22. The highest BCUT2D eigenvalue weighted by atomic mass is 32.2. The van der Waals surface area contributed by atoms with Gasteiger partial charge in [-0.25, -0.2) is 8.42 Å². The van der Waals surface area contributed by atoms with Gasteiger partial charge in [0.25, 0.3) is 0 Å². The lowest BCUT2D eigenvalue weighted by Gasteiger charge is -2.35. The van der Waals surface area contributed by atoms with Crippen LogP contribution in [-0.4, -0.2) is 43.7 Å². The molecule has 3 rings (SSSR count). The second-order valence-electron chi connectivity index (χ2n) is 6.17. The van der Waals surface area contributed by atoms with Gasteiger partial charge in [-0.3, -0.25) is 4.90 Å².